The van der Waals surface area contributed by atoms with Gasteiger partial charge in [0.05, 0.1) is 13.2 Å². The summed E-state index contributed by atoms with van der Waals surface area (Å²) in [5.74, 6) is -2.44. The summed E-state index contributed by atoms with van der Waals surface area (Å²) in [6.45, 7) is 5.15. The Bertz CT molecular complexity index is 1340. The maximum atomic E-state index is 13.7. The van der Waals surface area contributed by atoms with Gasteiger partial charge >= 0.3 is 11.9 Å². The molecule has 0 bridgehead atoms. The Morgan fingerprint density at radius 2 is 0.770 bits per heavy atom. The Labute approximate surface area is 456 Å². The highest BCUT2D eigenvalue weighted by molar-refractivity contribution is 7.99. The second-order valence-electron chi connectivity index (χ2n) is 21.1. The lowest BCUT2D eigenvalue weighted by Gasteiger charge is -2.23. The van der Waals surface area contributed by atoms with Gasteiger partial charge in [-0.25, -0.2) is 0 Å². The maximum Gasteiger partial charge on any atom is 0.306 e. The first-order chi connectivity index (χ1) is 36.1. The molecule has 0 saturated carbocycles. The number of carbonyl (C=O) groups excluding carboxylic acids is 6. The van der Waals surface area contributed by atoms with Gasteiger partial charge in [0.25, 0.3) is 0 Å². The number of aldehydes is 1. The largest absolute Gasteiger partial charge is 0.462 e. The minimum absolute atomic E-state index is 0.0311. The summed E-state index contributed by atoms with van der Waals surface area (Å²) in [4.78, 5) is 77.1. The Kier molecular flexibility index (Phi) is 53.0. The number of aliphatic hydroxyl groups excluding tert-OH is 2. The summed E-state index contributed by atoms with van der Waals surface area (Å²) < 4.78 is 11.6. The third-order valence-corrected chi connectivity index (χ3v) is 15.1. The molecule has 74 heavy (non-hydrogen) atoms. The summed E-state index contributed by atoms with van der Waals surface area (Å²) in [7, 11) is 0. The third kappa shape index (κ3) is 46.6. The van der Waals surface area contributed by atoms with Crippen LogP contribution in [0.2, 0.25) is 0 Å². The molecule has 0 aliphatic heterocycles. The SMILES string of the molecule is CCCCCCCCCCCCCCCC(=O)NC(CSCC(COC(=O)CCCCCCCCCCCCCCC)OC(=O)CCCCCCCCCCCCCCC)C(=O)N[C@@H](CO)C(=O)N[C@@H](C=O)CO. The zero-order valence-electron chi connectivity index (χ0n) is 47.7. The molecule has 3 amide bonds. The quantitative estimate of drug-likeness (QED) is 0.0221. The number of carbonyl (C=O) groups is 6. The second-order valence-corrected chi connectivity index (χ2v) is 22.2. The Morgan fingerprint density at radius 3 is 1.14 bits per heavy atom. The molecule has 13 nitrogen and oxygen atoms in total. The van der Waals surface area contributed by atoms with Crippen LogP contribution in [0.15, 0.2) is 0 Å². The lowest BCUT2D eigenvalue weighted by Crippen LogP contribution is -2.57. The minimum Gasteiger partial charge on any atom is -0.462 e. The molecule has 0 aliphatic rings. The highest BCUT2D eigenvalue weighted by Crippen LogP contribution is 2.18. The Morgan fingerprint density at radius 1 is 0.419 bits per heavy atom. The molecular weight excluding hydrogens is 955 g/mol. The number of amides is 3. The molecule has 0 aromatic rings. The summed E-state index contributed by atoms with van der Waals surface area (Å²) in [6, 6.07) is -3.79. The fraction of sp³-hybridized carbons (Fsp3) is 0.900. The van der Waals surface area contributed by atoms with E-state index in [9.17, 15) is 39.0 Å². The van der Waals surface area contributed by atoms with Crippen LogP contribution in [0.5, 0.6) is 0 Å². The van der Waals surface area contributed by atoms with Gasteiger partial charge in [-0.05, 0) is 19.3 Å². The fourth-order valence-electron chi connectivity index (χ4n) is 9.14. The van der Waals surface area contributed by atoms with Gasteiger partial charge in [0.15, 0.2) is 0 Å². The van der Waals surface area contributed by atoms with E-state index < -0.39 is 49.3 Å². The van der Waals surface area contributed by atoms with Crippen LogP contribution in [-0.4, -0.2) is 102 Å². The molecule has 0 rings (SSSR count). The van der Waals surface area contributed by atoms with E-state index in [1.54, 1.807) is 0 Å². The van der Waals surface area contributed by atoms with Crippen molar-refractivity contribution >= 4 is 47.7 Å². The minimum atomic E-state index is -1.45. The predicted molar refractivity (Wildman–Crippen MR) is 305 cm³/mol. The first-order valence-corrected chi connectivity index (χ1v) is 31.8. The predicted octanol–water partition coefficient (Wildman–Crippen LogP) is 13.3. The van der Waals surface area contributed by atoms with Gasteiger partial charge in [0.2, 0.25) is 17.7 Å². The number of ether oxygens (including phenoxy) is 2. The first-order valence-electron chi connectivity index (χ1n) is 30.6. The smallest absolute Gasteiger partial charge is 0.306 e. The molecule has 0 saturated heterocycles. The molecule has 5 N–H and O–H groups in total. The molecule has 4 atom stereocenters. The van der Waals surface area contributed by atoms with Crippen LogP contribution in [0.3, 0.4) is 0 Å². The third-order valence-electron chi connectivity index (χ3n) is 13.9. The van der Waals surface area contributed by atoms with Crippen molar-refractivity contribution in [1.29, 1.82) is 0 Å². The average molecular weight is 1070 g/mol. The van der Waals surface area contributed by atoms with Crippen LogP contribution in [-0.2, 0) is 38.2 Å². The van der Waals surface area contributed by atoms with E-state index in [2.05, 4.69) is 36.7 Å². The van der Waals surface area contributed by atoms with Gasteiger partial charge in [-0.15, -0.1) is 0 Å². The van der Waals surface area contributed by atoms with E-state index in [4.69, 9.17) is 9.47 Å². The van der Waals surface area contributed by atoms with E-state index >= 15 is 0 Å². The molecule has 0 aliphatic carbocycles. The first kappa shape index (κ1) is 71.3. The number of hydrogen-bond donors (Lipinski definition) is 5. The van der Waals surface area contributed by atoms with E-state index in [1.165, 1.54) is 185 Å². The van der Waals surface area contributed by atoms with Gasteiger partial charge in [0, 0.05) is 30.8 Å². The Balaban J connectivity index is 5.40. The van der Waals surface area contributed by atoms with Gasteiger partial charge in [0.1, 0.15) is 37.1 Å². The van der Waals surface area contributed by atoms with Crippen LogP contribution in [0.4, 0.5) is 0 Å². The summed E-state index contributed by atoms with van der Waals surface area (Å²) in [5, 5.41) is 27.0. The van der Waals surface area contributed by atoms with Crippen LogP contribution >= 0.6 is 11.8 Å². The van der Waals surface area contributed by atoms with Crippen molar-refractivity contribution in [1.82, 2.24) is 16.0 Å². The number of esters is 2. The second kappa shape index (κ2) is 55.1. The number of aliphatic hydroxyl groups is 2. The van der Waals surface area contributed by atoms with E-state index in [1.807, 2.05) is 0 Å². The monoisotopic (exact) mass is 1070 g/mol. The van der Waals surface area contributed by atoms with Crippen molar-refractivity contribution in [3.63, 3.8) is 0 Å². The van der Waals surface area contributed by atoms with Crippen LogP contribution in [0, 0.1) is 0 Å². The van der Waals surface area contributed by atoms with Crippen molar-refractivity contribution < 1.29 is 48.5 Å². The van der Waals surface area contributed by atoms with Crippen molar-refractivity contribution in [3.05, 3.63) is 0 Å². The van der Waals surface area contributed by atoms with E-state index in [0.717, 1.165) is 64.2 Å². The summed E-state index contributed by atoms with van der Waals surface area (Å²) >= 11 is 1.24. The Hall–Kier alpha value is -2.71. The maximum absolute atomic E-state index is 13.7. The van der Waals surface area contributed by atoms with Crippen molar-refractivity contribution in [2.45, 2.75) is 315 Å². The van der Waals surface area contributed by atoms with E-state index in [-0.39, 0.29) is 55.2 Å². The van der Waals surface area contributed by atoms with Crippen LogP contribution in [0.1, 0.15) is 290 Å². The number of nitrogens with one attached hydrogen (secondary N) is 3. The molecule has 0 spiro atoms. The lowest BCUT2D eigenvalue weighted by molar-refractivity contribution is -0.157. The molecule has 2 unspecified atom stereocenters. The normalized spacial score (nSPS) is 12.9. The highest BCUT2D eigenvalue weighted by Gasteiger charge is 2.28. The topological polar surface area (TPSA) is 197 Å². The number of thioether (sulfide) groups is 1. The van der Waals surface area contributed by atoms with Gasteiger partial charge in [-0.2, -0.15) is 11.8 Å². The molecule has 434 valence electrons. The van der Waals surface area contributed by atoms with Gasteiger partial charge in [-0.1, -0.05) is 252 Å². The standard InChI is InChI=1S/C60H113N3O10S/c1-4-7-10-13-16-19-22-25-28-31-34-37-40-43-56(67)62-55(60(71)63-54(48-66)59(70)61-52(46-64)47-65)51-74-50-53(73-58(69)45-42-39-36-33-30-27-24-21-18-15-12-9-6-3)49-72-57(68)44-41-38-35-32-29-26-23-20-17-14-11-8-5-2/h46,52-55,65-66H,4-45,47-51H2,1-3H3,(H,61,70)(H,62,67)(H,63,71)/t52-,53?,54-,55?/m0/s1. The van der Waals surface area contributed by atoms with E-state index in [0.29, 0.717) is 19.1 Å². The van der Waals surface area contributed by atoms with Gasteiger partial charge < -0.3 is 40.4 Å². The van der Waals surface area contributed by atoms with Crippen molar-refractivity contribution in [3.8, 4) is 0 Å². The summed E-state index contributed by atoms with van der Waals surface area (Å²) in [6.07, 6.45) is 46.7. The molecule has 0 fully saturated rings. The fourth-order valence-corrected chi connectivity index (χ4v) is 10.2. The number of hydrogen-bond acceptors (Lipinski definition) is 11. The summed E-state index contributed by atoms with van der Waals surface area (Å²) in [5.41, 5.74) is 0. The molecule has 0 aromatic carbocycles. The van der Waals surface area contributed by atoms with Gasteiger partial charge in [-0.3, -0.25) is 24.0 Å². The van der Waals surface area contributed by atoms with Crippen molar-refractivity contribution in [2.24, 2.45) is 0 Å². The highest BCUT2D eigenvalue weighted by atomic mass is 32.2. The molecule has 0 heterocycles. The van der Waals surface area contributed by atoms with Crippen molar-refractivity contribution in [2.75, 3.05) is 31.3 Å². The molecule has 14 heteroatoms. The van der Waals surface area contributed by atoms with Crippen LogP contribution in [0.25, 0.3) is 0 Å². The number of rotatable bonds is 57. The zero-order chi connectivity index (χ0) is 54.4. The molecular formula is C60H113N3O10S. The number of unbranched alkanes of at least 4 members (excludes halogenated alkanes) is 36. The zero-order valence-corrected chi connectivity index (χ0v) is 48.5. The van der Waals surface area contributed by atoms with Crippen LogP contribution < -0.4 is 16.0 Å². The molecule has 0 aromatic heterocycles. The average Bonchev–Trinajstić information content (AvgIpc) is 3.39. The molecule has 0 radical (unpaired) electrons. The lowest BCUT2D eigenvalue weighted by atomic mass is 10.0.